The predicted molar refractivity (Wildman–Crippen MR) is 103 cm³/mol. The lowest BCUT2D eigenvalue weighted by molar-refractivity contribution is -0.117. The number of amides is 1. The van der Waals surface area contributed by atoms with Gasteiger partial charge in [0, 0.05) is 30.7 Å². The van der Waals surface area contributed by atoms with E-state index in [1.54, 1.807) is 13.2 Å². The second-order valence-electron chi connectivity index (χ2n) is 6.35. The molecule has 0 unspecified atom stereocenters. The number of methoxy groups -OCH3 is 1. The molecule has 0 aliphatic carbocycles. The highest BCUT2D eigenvalue weighted by Gasteiger charge is 2.13. The molecule has 0 aliphatic heterocycles. The number of benzene rings is 1. The van der Waals surface area contributed by atoms with Crippen molar-refractivity contribution in [2.24, 2.45) is 0 Å². The third kappa shape index (κ3) is 4.22. The van der Waals surface area contributed by atoms with Crippen LogP contribution < -0.4 is 5.32 Å². The van der Waals surface area contributed by atoms with Crippen LogP contribution in [0.2, 0.25) is 0 Å². The van der Waals surface area contributed by atoms with E-state index in [0.29, 0.717) is 13.2 Å². The van der Waals surface area contributed by atoms with Crippen LogP contribution in [0, 0.1) is 39.0 Å². The van der Waals surface area contributed by atoms with Gasteiger partial charge >= 0.3 is 0 Å². The molecule has 1 aromatic heterocycles. The highest BCUT2D eigenvalue weighted by Crippen LogP contribution is 2.24. The molecule has 2 rings (SSSR count). The number of hydrogen-bond acceptors (Lipinski definition) is 3. The summed E-state index contributed by atoms with van der Waals surface area (Å²) >= 11 is 0. The van der Waals surface area contributed by atoms with Crippen molar-refractivity contribution >= 4 is 12.0 Å². The van der Waals surface area contributed by atoms with Crippen LogP contribution in [0.3, 0.4) is 0 Å². The molecule has 0 saturated carbocycles. The third-order valence-corrected chi connectivity index (χ3v) is 4.48. The quantitative estimate of drug-likeness (QED) is 0.493. The van der Waals surface area contributed by atoms with Gasteiger partial charge in [-0.2, -0.15) is 5.26 Å². The van der Waals surface area contributed by atoms with Crippen LogP contribution in [0.25, 0.3) is 11.8 Å². The zero-order chi connectivity index (χ0) is 19.3. The molecule has 1 N–H and O–H groups in total. The monoisotopic (exact) mass is 351 g/mol. The number of aromatic nitrogens is 1. The summed E-state index contributed by atoms with van der Waals surface area (Å²) in [6.45, 7) is 8.97. The molecule has 0 aliphatic rings. The Kier molecular flexibility index (Phi) is 6.37. The topological polar surface area (TPSA) is 67.0 Å². The average molecular weight is 351 g/mol. The maximum Gasteiger partial charge on any atom is 0.262 e. The molecule has 0 bridgehead atoms. The molecule has 26 heavy (non-hydrogen) atoms. The summed E-state index contributed by atoms with van der Waals surface area (Å²) in [5, 5.41) is 12.0. The number of carbonyl (C=O) groups is 1. The minimum atomic E-state index is -0.388. The number of rotatable bonds is 6. The number of carbonyl (C=O) groups excluding carboxylic acids is 1. The summed E-state index contributed by atoms with van der Waals surface area (Å²) in [6, 6.07) is 10.3. The SMILES string of the molecule is COCCNC(=O)C(C#N)=Cc1cc(C)n(-c2ccc(C)c(C)c2)c1C. The van der Waals surface area contributed by atoms with Crippen LogP contribution in [-0.4, -0.2) is 30.7 Å². The highest BCUT2D eigenvalue weighted by molar-refractivity contribution is 6.01. The Hall–Kier alpha value is -2.84. The summed E-state index contributed by atoms with van der Waals surface area (Å²) < 4.78 is 7.04. The van der Waals surface area contributed by atoms with Crippen molar-refractivity contribution in [2.45, 2.75) is 27.7 Å². The first-order chi connectivity index (χ1) is 12.4. The minimum Gasteiger partial charge on any atom is -0.383 e. The summed E-state index contributed by atoms with van der Waals surface area (Å²) in [5.74, 6) is -0.388. The van der Waals surface area contributed by atoms with Crippen molar-refractivity contribution in [3.05, 3.63) is 57.9 Å². The van der Waals surface area contributed by atoms with Gasteiger partial charge in [-0.1, -0.05) is 6.07 Å². The molecule has 1 aromatic carbocycles. The first kappa shape index (κ1) is 19.5. The number of aryl methyl sites for hydroxylation is 3. The van der Waals surface area contributed by atoms with Crippen molar-refractivity contribution in [1.29, 1.82) is 5.26 Å². The van der Waals surface area contributed by atoms with Crippen molar-refractivity contribution < 1.29 is 9.53 Å². The van der Waals surface area contributed by atoms with Gasteiger partial charge in [0.25, 0.3) is 5.91 Å². The average Bonchev–Trinajstić information content (AvgIpc) is 2.89. The fraction of sp³-hybridized carbons (Fsp3) is 0.333. The molecule has 0 radical (unpaired) electrons. The van der Waals surface area contributed by atoms with E-state index in [2.05, 4.69) is 41.9 Å². The third-order valence-electron chi connectivity index (χ3n) is 4.48. The molecule has 2 aromatic rings. The largest absolute Gasteiger partial charge is 0.383 e. The zero-order valence-electron chi connectivity index (χ0n) is 16.0. The molecular weight excluding hydrogens is 326 g/mol. The first-order valence-electron chi connectivity index (χ1n) is 8.54. The van der Waals surface area contributed by atoms with Gasteiger partial charge in [0.1, 0.15) is 11.6 Å². The van der Waals surface area contributed by atoms with E-state index in [1.165, 1.54) is 11.1 Å². The second kappa shape index (κ2) is 8.50. The first-order valence-corrected chi connectivity index (χ1v) is 8.54. The fourth-order valence-electron chi connectivity index (χ4n) is 2.86. The van der Waals surface area contributed by atoms with E-state index in [9.17, 15) is 10.1 Å². The summed E-state index contributed by atoms with van der Waals surface area (Å²) in [4.78, 5) is 12.1. The molecule has 0 fully saturated rings. The summed E-state index contributed by atoms with van der Waals surface area (Å²) in [7, 11) is 1.56. The molecule has 0 atom stereocenters. The van der Waals surface area contributed by atoms with Crippen molar-refractivity contribution in [1.82, 2.24) is 9.88 Å². The van der Waals surface area contributed by atoms with Gasteiger partial charge in [-0.05, 0) is 68.7 Å². The second-order valence-corrected chi connectivity index (χ2v) is 6.35. The standard InChI is InChI=1S/C21H25N3O2/c1-14-6-7-20(10-15(14)2)24-16(3)11-18(17(24)4)12-19(13-22)21(25)23-8-9-26-5/h6-7,10-12H,8-9H2,1-5H3,(H,23,25). The molecule has 0 spiro atoms. The smallest absolute Gasteiger partial charge is 0.262 e. The van der Waals surface area contributed by atoms with Crippen molar-refractivity contribution in [2.75, 3.05) is 20.3 Å². The van der Waals surface area contributed by atoms with E-state index in [0.717, 1.165) is 22.6 Å². The predicted octanol–water partition coefficient (Wildman–Crippen LogP) is 3.38. The highest BCUT2D eigenvalue weighted by atomic mass is 16.5. The van der Waals surface area contributed by atoms with Gasteiger partial charge in [-0.3, -0.25) is 4.79 Å². The van der Waals surface area contributed by atoms with E-state index >= 15 is 0 Å². The van der Waals surface area contributed by atoms with Crippen LogP contribution in [-0.2, 0) is 9.53 Å². The summed E-state index contributed by atoms with van der Waals surface area (Å²) in [5.41, 5.74) is 6.53. The Morgan fingerprint density at radius 3 is 2.58 bits per heavy atom. The Labute approximate surface area is 154 Å². The number of hydrogen-bond donors (Lipinski definition) is 1. The van der Waals surface area contributed by atoms with E-state index in [-0.39, 0.29) is 11.5 Å². The van der Waals surface area contributed by atoms with Crippen LogP contribution in [0.5, 0.6) is 0 Å². The van der Waals surface area contributed by atoms with Gasteiger partial charge < -0.3 is 14.6 Å². The lowest BCUT2D eigenvalue weighted by Crippen LogP contribution is -2.27. The van der Waals surface area contributed by atoms with E-state index in [4.69, 9.17) is 4.74 Å². The van der Waals surface area contributed by atoms with Gasteiger partial charge in [-0.15, -0.1) is 0 Å². The van der Waals surface area contributed by atoms with Crippen molar-refractivity contribution in [3.63, 3.8) is 0 Å². The Morgan fingerprint density at radius 1 is 1.23 bits per heavy atom. The lowest BCUT2D eigenvalue weighted by Gasteiger charge is -2.12. The minimum absolute atomic E-state index is 0.0847. The van der Waals surface area contributed by atoms with Gasteiger partial charge in [0.05, 0.1) is 6.61 Å². The van der Waals surface area contributed by atoms with Crippen LogP contribution in [0.4, 0.5) is 0 Å². The number of nitrogens with one attached hydrogen (secondary N) is 1. The summed E-state index contributed by atoms with van der Waals surface area (Å²) in [6.07, 6.45) is 1.64. The normalized spacial score (nSPS) is 11.3. The van der Waals surface area contributed by atoms with Crippen LogP contribution in [0.1, 0.15) is 28.1 Å². The molecule has 136 valence electrons. The maximum atomic E-state index is 12.1. The number of nitriles is 1. The number of ether oxygens (including phenoxy) is 1. The molecular formula is C21H25N3O2. The maximum absolute atomic E-state index is 12.1. The van der Waals surface area contributed by atoms with Gasteiger partial charge in [0.15, 0.2) is 0 Å². The Balaban J connectivity index is 2.38. The van der Waals surface area contributed by atoms with E-state index in [1.807, 2.05) is 26.0 Å². The Bertz CT molecular complexity index is 885. The van der Waals surface area contributed by atoms with Crippen LogP contribution in [0.15, 0.2) is 29.8 Å². The number of nitrogens with zero attached hydrogens (tertiary/aromatic N) is 2. The van der Waals surface area contributed by atoms with Crippen molar-refractivity contribution in [3.8, 4) is 11.8 Å². The van der Waals surface area contributed by atoms with Crippen LogP contribution >= 0.6 is 0 Å². The molecule has 0 saturated heterocycles. The molecule has 1 amide bonds. The van der Waals surface area contributed by atoms with E-state index < -0.39 is 0 Å². The lowest BCUT2D eigenvalue weighted by atomic mass is 10.1. The van der Waals surface area contributed by atoms with Gasteiger partial charge in [0.2, 0.25) is 0 Å². The van der Waals surface area contributed by atoms with Gasteiger partial charge in [-0.25, -0.2) is 0 Å². The molecule has 5 nitrogen and oxygen atoms in total. The molecule has 1 heterocycles. The zero-order valence-corrected chi connectivity index (χ0v) is 16.0. The molecule has 5 heteroatoms. The Morgan fingerprint density at radius 2 is 1.96 bits per heavy atom. The fourth-order valence-corrected chi connectivity index (χ4v) is 2.86.